The highest BCUT2D eigenvalue weighted by molar-refractivity contribution is 7.90. The number of piperazine rings is 1. The number of amides is 3. The molecule has 322 valence electrons. The summed E-state index contributed by atoms with van der Waals surface area (Å²) in [6.07, 6.45) is 1.98. The van der Waals surface area contributed by atoms with E-state index in [0.29, 0.717) is 43.7 Å². The lowest BCUT2D eigenvalue weighted by atomic mass is 9.99. The standard InChI is InChI=1S/C43H41F3N8O7S/c44-28-11-12-53(21-28)62(60,61)50-35-8-7-34(45)38(39(35)46)40(57)33-18-48-41-32(33)16-26(17-47-41)25-2-4-29(5-3-25)52-14-13-51(30(22-52)23-55)19-24-1-6-31-27(15-24)20-54(43(31)59)36-9-10-37(56)49-42(36)58/h1-8,15-18,28,30,36,50,55H,9-14,19-23H2,(H,47,48)(H,49,56,58)/t28-,30+,36?/m1/s1. The number of fused-ring (bicyclic) bond motifs is 2. The Balaban J connectivity index is 0.868. The number of aliphatic hydroxyl groups is 1. The summed E-state index contributed by atoms with van der Waals surface area (Å²) in [4.78, 5) is 64.2. The number of pyridine rings is 1. The van der Waals surface area contributed by atoms with Crippen molar-refractivity contribution in [2.75, 3.05) is 49.0 Å². The quantitative estimate of drug-likeness (QED) is 0.112. The smallest absolute Gasteiger partial charge is 0.301 e. The number of carbonyl (C=O) groups is 4. The Morgan fingerprint density at radius 2 is 1.76 bits per heavy atom. The zero-order valence-corrected chi connectivity index (χ0v) is 33.9. The molecule has 0 radical (unpaired) electrons. The lowest BCUT2D eigenvalue weighted by Crippen LogP contribution is -2.54. The Morgan fingerprint density at radius 3 is 2.50 bits per heavy atom. The molecular weight excluding hydrogens is 830 g/mol. The van der Waals surface area contributed by atoms with E-state index in [4.69, 9.17) is 0 Å². The summed E-state index contributed by atoms with van der Waals surface area (Å²) in [7, 11) is -4.38. The number of hydrogen-bond donors (Lipinski definition) is 4. The summed E-state index contributed by atoms with van der Waals surface area (Å²) in [5.74, 6) is -4.66. The Hall–Kier alpha value is -6.15. The molecule has 0 bridgehead atoms. The second kappa shape index (κ2) is 16.3. The zero-order valence-electron chi connectivity index (χ0n) is 33.1. The molecule has 4 N–H and O–H groups in total. The van der Waals surface area contributed by atoms with E-state index in [1.807, 2.05) is 41.1 Å². The minimum Gasteiger partial charge on any atom is -0.395 e. The molecule has 6 heterocycles. The molecule has 0 aliphatic carbocycles. The van der Waals surface area contributed by atoms with E-state index < -0.39 is 63.5 Å². The molecule has 4 aliphatic heterocycles. The number of H-pyrrole nitrogens is 1. The van der Waals surface area contributed by atoms with Gasteiger partial charge in [-0.05, 0) is 65.9 Å². The molecule has 0 saturated carbocycles. The largest absolute Gasteiger partial charge is 0.395 e. The first kappa shape index (κ1) is 41.2. The molecule has 9 rings (SSSR count). The average Bonchev–Trinajstić information content (AvgIpc) is 3.99. The fourth-order valence-electron chi connectivity index (χ4n) is 8.77. The van der Waals surface area contributed by atoms with Gasteiger partial charge in [-0.1, -0.05) is 24.3 Å². The van der Waals surface area contributed by atoms with Crippen LogP contribution in [0.25, 0.3) is 22.2 Å². The Labute approximate surface area is 353 Å². The van der Waals surface area contributed by atoms with E-state index in [-0.39, 0.29) is 67.0 Å². The molecule has 62 heavy (non-hydrogen) atoms. The van der Waals surface area contributed by atoms with Gasteiger partial charge in [0.2, 0.25) is 17.6 Å². The van der Waals surface area contributed by atoms with Gasteiger partial charge in [0.15, 0.2) is 5.82 Å². The van der Waals surface area contributed by atoms with E-state index in [1.54, 1.807) is 18.3 Å². The van der Waals surface area contributed by atoms with Crippen LogP contribution in [0.15, 0.2) is 73.1 Å². The molecule has 0 spiro atoms. The van der Waals surface area contributed by atoms with Crippen molar-refractivity contribution in [1.82, 2.24) is 29.4 Å². The van der Waals surface area contributed by atoms with Crippen molar-refractivity contribution < 1.29 is 45.9 Å². The van der Waals surface area contributed by atoms with Crippen LogP contribution in [0, 0.1) is 11.6 Å². The van der Waals surface area contributed by atoms with Gasteiger partial charge in [-0.3, -0.25) is 34.1 Å². The molecule has 3 amide bonds. The van der Waals surface area contributed by atoms with Gasteiger partial charge in [-0.2, -0.15) is 12.7 Å². The van der Waals surface area contributed by atoms with Crippen molar-refractivity contribution in [3.05, 3.63) is 113 Å². The molecule has 3 fully saturated rings. The van der Waals surface area contributed by atoms with Gasteiger partial charge in [0, 0.05) is 92.4 Å². The third kappa shape index (κ3) is 7.69. The van der Waals surface area contributed by atoms with Gasteiger partial charge in [0.1, 0.15) is 23.7 Å². The monoisotopic (exact) mass is 870 g/mol. The first-order chi connectivity index (χ1) is 29.8. The zero-order chi connectivity index (χ0) is 43.4. The number of benzene rings is 3. The van der Waals surface area contributed by atoms with Gasteiger partial charge in [-0.25, -0.2) is 18.2 Å². The number of piperidine rings is 1. The Morgan fingerprint density at radius 1 is 0.952 bits per heavy atom. The number of anilines is 2. The molecule has 5 aromatic rings. The summed E-state index contributed by atoms with van der Waals surface area (Å²) < 4.78 is 73.0. The van der Waals surface area contributed by atoms with Crippen molar-refractivity contribution in [2.24, 2.45) is 0 Å². The number of halogens is 3. The molecular formula is C43H41F3N8O7S. The molecule has 4 aliphatic rings. The number of aliphatic hydroxyl groups excluding tert-OH is 1. The van der Waals surface area contributed by atoms with Gasteiger partial charge in [-0.15, -0.1) is 0 Å². The molecule has 15 nitrogen and oxygen atoms in total. The SMILES string of the molecule is O=C1CCC(N2Cc3cc(CN4CCN(c5ccc(-c6cnc7[nH]cc(C(=O)c8c(F)ccc(NS(=O)(=O)N9CC[C@@H](F)C9)c8F)c7c6)cc5)C[C@H]4CO)ccc3C2=O)C(=O)N1. The lowest BCUT2D eigenvalue weighted by Gasteiger charge is -2.42. The topological polar surface area (TPSA) is 188 Å². The third-order valence-corrected chi connectivity index (χ3v) is 13.6. The molecule has 3 atom stereocenters. The highest BCUT2D eigenvalue weighted by Gasteiger charge is 2.39. The number of nitrogens with one attached hydrogen (secondary N) is 3. The molecule has 3 aromatic carbocycles. The summed E-state index contributed by atoms with van der Waals surface area (Å²) in [5.41, 5.74) is 3.20. The maximum atomic E-state index is 15.8. The van der Waals surface area contributed by atoms with Gasteiger partial charge < -0.3 is 19.9 Å². The van der Waals surface area contributed by atoms with Crippen LogP contribution in [0.1, 0.15) is 56.7 Å². The Bertz CT molecular complexity index is 2750. The molecule has 3 saturated heterocycles. The number of imide groups is 1. The highest BCUT2D eigenvalue weighted by Crippen LogP contribution is 2.33. The second-order valence-electron chi connectivity index (χ2n) is 16.0. The van der Waals surface area contributed by atoms with Crippen LogP contribution in [0.2, 0.25) is 0 Å². The Kier molecular flexibility index (Phi) is 10.8. The summed E-state index contributed by atoms with van der Waals surface area (Å²) in [6, 6.07) is 15.7. The fourth-order valence-corrected chi connectivity index (χ4v) is 10.0. The highest BCUT2D eigenvalue weighted by atomic mass is 32.2. The number of aromatic nitrogens is 2. The van der Waals surface area contributed by atoms with Crippen LogP contribution < -0.4 is 14.9 Å². The van der Waals surface area contributed by atoms with Crippen LogP contribution in [-0.4, -0.2) is 119 Å². The van der Waals surface area contributed by atoms with Crippen LogP contribution in [0.3, 0.4) is 0 Å². The van der Waals surface area contributed by atoms with Crippen LogP contribution in [0.5, 0.6) is 0 Å². The molecule has 2 aromatic heterocycles. The van der Waals surface area contributed by atoms with E-state index >= 15 is 8.78 Å². The maximum absolute atomic E-state index is 15.8. The number of aromatic amines is 1. The van der Waals surface area contributed by atoms with E-state index in [0.717, 1.165) is 38.8 Å². The van der Waals surface area contributed by atoms with E-state index in [2.05, 4.69) is 25.1 Å². The summed E-state index contributed by atoms with van der Waals surface area (Å²) in [5, 5.41) is 13.1. The van der Waals surface area contributed by atoms with Gasteiger partial charge in [0.25, 0.3) is 5.91 Å². The van der Waals surface area contributed by atoms with E-state index in [9.17, 15) is 37.1 Å². The van der Waals surface area contributed by atoms with Crippen molar-refractivity contribution in [3.8, 4) is 11.1 Å². The van der Waals surface area contributed by atoms with Crippen molar-refractivity contribution in [1.29, 1.82) is 0 Å². The number of nitrogens with zero attached hydrogens (tertiary/aromatic N) is 5. The van der Waals surface area contributed by atoms with Crippen molar-refractivity contribution >= 4 is 56.1 Å². The minimum atomic E-state index is -4.38. The van der Waals surface area contributed by atoms with Crippen LogP contribution in [0.4, 0.5) is 24.5 Å². The predicted octanol–water partition coefficient (Wildman–Crippen LogP) is 3.88. The normalized spacial score (nSPS) is 21.2. The molecule has 19 heteroatoms. The summed E-state index contributed by atoms with van der Waals surface area (Å²) in [6.45, 7) is 2.07. The van der Waals surface area contributed by atoms with E-state index in [1.165, 1.54) is 11.1 Å². The molecule has 1 unspecified atom stereocenters. The maximum Gasteiger partial charge on any atom is 0.301 e. The van der Waals surface area contributed by atoms with Crippen molar-refractivity contribution in [3.63, 3.8) is 0 Å². The van der Waals surface area contributed by atoms with Crippen LogP contribution in [-0.2, 0) is 32.9 Å². The number of ketones is 1. The number of rotatable bonds is 11. The lowest BCUT2D eigenvalue weighted by molar-refractivity contribution is -0.136. The predicted molar refractivity (Wildman–Crippen MR) is 221 cm³/mol. The summed E-state index contributed by atoms with van der Waals surface area (Å²) >= 11 is 0. The first-order valence-electron chi connectivity index (χ1n) is 20.2. The average molecular weight is 871 g/mol. The van der Waals surface area contributed by atoms with Crippen molar-refractivity contribution in [2.45, 2.75) is 50.6 Å². The number of carbonyl (C=O) groups excluding carboxylic acids is 4. The first-order valence-corrected chi connectivity index (χ1v) is 21.6. The second-order valence-corrected chi connectivity index (χ2v) is 17.6. The van der Waals surface area contributed by atoms with Gasteiger partial charge >= 0.3 is 10.2 Å². The van der Waals surface area contributed by atoms with Crippen LogP contribution >= 0.6 is 0 Å². The number of alkyl halides is 1. The van der Waals surface area contributed by atoms with Gasteiger partial charge in [0.05, 0.1) is 23.9 Å². The minimum absolute atomic E-state index is 0.0105. The third-order valence-electron chi connectivity index (χ3n) is 12.1. The fraction of sp³-hybridized carbons (Fsp3) is 0.326. The number of hydrogen-bond acceptors (Lipinski definition) is 10.